The number of ether oxygens (including phenoxy) is 3. The third-order valence-electron chi connectivity index (χ3n) is 4.30. The van der Waals surface area contributed by atoms with E-state index in [-0.39, 0.29) is 17.5 Å². The molecule has 0 N–H and O–H groups in total. The second-order valence-corrected chi connectivity index (χ2v) is 8.05. The highest BCUT2D eigenvalue weighted by Crippen LogP contribution is 2.33. The molecule has 1 aromatic carbocycles. The van der Waals surface area contributed by atoms with E-state index in [1.807, 2.05) is 0 Å². The lowest BCUT2D eigenvalue weighted by Gasteiger charge is -2.18. The zero-order chi connectivity index (χ0) is 18.0. The van der Waals surface area contributed by atoms with Gasteiger partial charge < -0.3 is 14.2 Å². The third-order valence-corrected chi connectivity index (χ3v) is 6.16. The number of rotatable bonds is 4. The van der Waals surface area contributed by atoms with Crippen molar-refractivity contribution in [2.24, 2.45) is 0 Å². The summed E-state index contributed by atoms with van der Waals surface area (Å²) in [5, 5.41) is 7.63. The van der Waals surface area contributed by atoms with E-state index in [1.165, 1.54) is 10.4 Å². The molecule has 2 aliphatic rings. The van der Waals surface area contributed by atoms with Crippen molar-refractivity contribution in [1.29, 1.82) is 0 Å². The first-order valence-electron chi connectivity index (χ1n) is 8.47. The molecule has 4 rings (SSSR count). The molecule has 8 nitrogen and oxygen atoms in total. The minimum atomic E-state index is -3.63. The summed E-state index contributed by atoms with van der Waals surface area (Å²) in [4.78, 5) is 0.196. The van der Waals surface area contributed by atoms with Gasteiger partial charge in [0.1, 0.15) is 6.10 Å². The van der Waals surface area contributed by atoms with Crippen LogP contribution in [0.2, 0.25) is 0 Å². The molecule has 1 saturated heterocycles. The van der Waals surface area contributed by atoms with Crippen LogP contribution < -0.4 is 14.2 Å². The molecule has 26 heavy (non-hydrogen) atoms. The van der Waals surface area contributed by atoms with Crippen molar-refractivity contribution in [3.63, 3.8) is 0 Å². The van der Waals surface area contributed by atoms with Gasteiger partial charge in [-0.05, 0) is 24.6 Å². The number of hydrogen-bond donors (Lipinski definition) is 0. The SMILES string of the molecule is O=S(=O)(c1ccc2c(c1)OCCCO2)N1CC[C@@H](Oc2cccnn2)C1. The predicted octanol–water partition coefficient (Wildman–Crippen LogP) is 1.48. The van der Waals surface area contributed by atoms with Crippen LogP contribution in [0.3, 0.4) is 0 Å². The van der Waals surface area contributed by atoms with Crippen molar-refractivity contribution in [3.05, 3.63) is 36.5 Å². The van der Waals surface area contributed by atoms with Crippen molar-refractivity contribution in [2.45, 2.75) is 23.8 Å². The summed E-state index contributed by atoms with van der Waals surface area (Å²) in [6.45, 7) is 1.73. The van der Waals surface area contributed by atoms with Gasteiger partial charge in [0.2, 0.25) is 15.9 Å². The Balaban J connectivity index is 1.49. The molecule has 0 bridgehead atoms. The minimum absolute atomic E-state index is 0.196. The fourth-order valence-electron chi connectivity index (χ4n) is 2.99. The number of nitrogens with zero attached hydrogens (tertiary/aromatic N) is 3. The van der Waals surface area contributed by atoms with Gasteiger partial charge >= 0.3 is 0 Å². The Morgan fingerprint density at radius 3 is 2.81 bits per heavy atom. The summed E-state index contributed by atoms with van der Waals surface area (Å²) in [6, 6.07) is 8.17. The maximum atomic E-state index is 13.0. The van der Waals surface area contributed by atoms with Gasteiger partial charge in [-0.3, -0.25) is 0 Å². The van der Waals surface area contributed by atoms with E-state index in [1.54, 1.807) is 30.5 Å². The molecule has 1 aromatic heterocycles. The molecule has 138 valence electrons. The first-order valence-corrected chi connectivity index (χ1v) is 9.91. The average molecular weight is 377 g/mol. The fraction of sp³-hybridized carbons (Fsp3) is 0.412. The van der Waals surface area contributed by atoms with Crippen molar-refractivity contribution in [3.8, 4) is 17.4 Å². The zero-order valence-corrected chi connectivity index (χ0v) is 14.9. The van der Waals surface area contributed by atoms with Gasteiger partial charge in [-0.15, -0.1) is 5.10 Å². The molecule has 0 aliphatic carbocycles. The van der Waals surface area contributed by atoms with Crippen molar-refractivity contribution < 1.29 is 22.6 Å². The summed E-state index contributed by atoms with van der Waals surface area (Å²) >= 11 is 0. The highest BCUT2D eigenvalue weighted by molar-refractivity contribution is 7.89. The number of fused-ring (bicyclic) bond motifs is 1. The third kappa shape index (κ3) is 3.45. The fourth-order valence-corrected chi connectivity index (χ4v) is 4.49. The number of sulfonamides is 1. The van der Waals surface area contributed by atoms with Crippen LogP contribution >= 0.6 is 0 Å². The summed E-state index contributed by atoms with van der Waals surface area (Å²) in [6.07, 6.45) is 2.68. The highest BCUT2D eigenvalue weighted by atomic mass is 32.2. The van der Waals surface area contributed by atoms with Crippen LogP contribution in [0.5, 0.6) is 17.4 Å². The topological polar surface area (TPSA) is 90.9 Å². The van der Waals surface area contributed by atoms with Gasteiger partial charge in [0.05, 0.1) is 24.7 Å². The largest absolute Gasteiger partial charge is 0.490 e. The first kappa shape index (κ1) is 17.0. The van der Waals surface area contributed by atoms with Crippen LogP contribution in [0, 0.1) is 0 Å². The number of aromatic nitrogens is 2. The molecule has 2 aromatic rings. The van der Waals surface area contributed by atoms with Gasteiger partial charge in [0.15, 0.2) is 11.5 Å². The molecule has 0 radical (unpaired) electrons. The normalized spacial score (nSPS) is 20.5. The summed E-state index contributed by atoms with van der Waals surface area (Å²) in [7, 11) is -3.63. The Hall–Kier alpha value is -2.39. The van der Waals surface area contributed by atoms with Crippen LogP contribution in [-0.4, -0.2) is 55.3 Å². The van der Waals surface area contributed by atoms with E-state index >= 15 is 0 Å². The monoisotopic (exact) mass is 377 g/mol. The number of benzene rings is 1. The Morgan fingerprint density at radius 2 is 2.00 bits per heavy atom. The van der Waals surface area contributed by atoms with Gasteiger partial charge in [0, 0.05) is 31.3 Å². The number of hydrogen-bond acceptors (Lipinski definition) is 7. The molecular formula is C17H19N3O5S. The molecule has 0 unspecified atom stereocenters. The van der Waals surface area contributed by atoms with E-state index in [4.69, 9.17) is 14.2 Å². The molecule has 2 aliphatic heterocycles. The van der Waals surface area contributed by atoms with Gasteiger partial charge in [-0.2, -0.15) is 9.40 Å². The van der Waals surface area contributed by atoms with Crippen molar-refractivity contribution >= 4 is 10.0 Å². The Labute approximate surface area is 151 Å². The van der Waals surface area contributed by atoms with Gasteiger partial charge in [0.25, 0.3) is 0 Å². The molecule has 0 saturated carbocycles. The lowest BCUT2D eigenvalue weighted by Crippen LogP contribution is -2.31. The maximum absolute atomic E-state index is 13.0. The molecule has 1 atom stereocenters. The lowest BCUT2D eigenvalue weighted by molar-refractivity contribution is 0.204. The second kappa shape index (κ2) is 7.08. The quantitative estimate of drug-likeness (QED) is 0.797. The smallest absolute Gasteiger partial charge is 0.243 e. The van der Waals surface area contributed by atoms with Crippen molar-refractivity contribution in [2.75, 3.05) is 26.3 Å². The molecular weight excluding hydrogens is 358 g/mol. The van der Waals surface area contributed by atoms with Crippen LogP contribution in [0.25, 0.3) is 0 Å². The summed E-state index contributed by atoms with van der Waals surface area (Å²) in [5.74, 6) is 1.44. The van der Waals surface area contributed by atoms with E-state index in [2.05, 4.69) is 10.2 Å². The van der Waals surface area contributed by atoms with Crippen LogP contribution in [-0.2, 0) is 10.0 Å². The molecule has 0 spiro atoms. The molecule has 1 fully saturated rings. The van der Waals surface area contributed by atoms with Crippen LogP contribution in [0.15, 0.2) is 41.4 Å². The zero-order valence-electron chi connectivity index (χ0n) is 14.1. The summed E-state index contributed by atoms with van der Waals surface area (Å²) < 4.78 is 44.2. The van der Waals surface area contributed by atoms with Crippen LogP contribution in [0.4, 0.5) is 0 Å². The predicted molar refractivity (Wildman–Crippen MR) is 91.9 cm³/mol. The van der Waals surface area contributed by atoms with E-state index in [9.17, 15) is 8.42 Å². The standard InChI is InChI=1S/C17H19N3O5S/c21-26(22,14-4-5-15-16(11-14)24-10-2-9-23-15)20-8-6-13(12-20)25-17-3-1-7-18-19-17/h1,3-5,7,11,13H,2,6,8-10,12H2/t13-/m1/s1. The molecule has 3 heterocycles. The minimum Gasteiger partial charge on any atom is -0.490 e. The first-order chi connectivity index (χ1) is 12.6. The Morgan fingerprint density at radius 1 is 1.15 bits per heavy atom. The summed E-state index contributed by atoms with van der Waals surface area (Å²) in [5.41, 5.74) is 0. The van der Waals surface area contributed by atoms with Gasteiger partial charge in [-0.1, -0.05) is 0 Å². The van der Waals surface area contributed by atoms with Crippen LogP contribution in [0.1, 0.15) is 12.8 Å². The van der Waals surface area contributed by atoms with E-state index in [0.29, 0.717) is 43.6 Å². The average Bonchev–Trinajstić information content (AvgIpc) is 2.99. The maximum Gasteiger partial charge on any atom is 0.243 e. The van der Waals surface area contributed by atoms with E-state index < -0.39 is 10.0 Å². The Bertz CT molecular complexity index is 875. The Kier molecular flexibility index (Phi) is 4.64. The van der Waals surface area contributed by atoms with E-state index in [0.717, 1.165) is 6.42 Å². The lowest BCUT2D eigenvalue weighted by atomic mass is 10.3. The highest BCUT2D eigenvalue weighted by Gasteiger charge is 2.34. The molecule has 0 amide bonds. The molecule has 9 heteroatoms. The van der Waals surface area contributed by atoms with Crippen molar-refractivity contribution in [1.82, 2.24) is 14.5 Å². The van der Waals surface area contributed by atoms with Gasteiger partial charge in [-0.25, -0.2) is 8.42 Å². The second-order valence-electron chi connectivity index (χ2n) is 6.11.